The zero-order valence-electron chi connectivity index (χ0n) is 14.4. The molecule has 0 N–H and O–H groups in total. The molecule has 0 aromatic heterocycles. The summed E-state index contributed by atoms with van der Waals surface area (Å²) >= 11 is 0. The van der Waals surface area contributed by atoms with Gasteiger partial charge in [0, 0.05) is 7.05 Å². The zero-order chi connectivity index (χ0) is 18.3. The van der Waals surface area contributed by atoms with Crippen molar-refractivity contribution in [3.05, 3.63) is 34.9 Å². The van der Waals surface area contributed by atoms with Crippen molar-refractivity contribution < 1.29 is 27.4 Å². The molecule has 1 aromatic rings. The Morgan fingerprint density at radius 1 is 1.25 bits per heavy atom. The van der Waals surface area contributed by atoms with Crippen LogP contribution in [-0.2, 0) is 15.7 Å². The quantitative estimate of drug-likeness (QED) is 0.740. The van der Waals surface area contributed by atoms with Crippen molar-refractivity contribution >= 4 is 6.09 Å². The van der Waals surface area contributed by atoms with Crippen LogP contribution in [0.25, 0.3) is 0 Å². The number of carbonyl (C=O) groups is 1. The van der Waals surface area contributed by atoms with Gasteiger partial charge in [-0.25, -0.2) is 4.79 Å². The highest BCUT2D eigenvalue weighted by Crippen LogP contribution is 2.39. The van der Waals surface area contributed by atoms with Gasteiger partial charge in [0.1, 0.15) is 5.60 Å². The molecule has 7 heteroatoms. The van der Waals surface area contributed by atoms with Crippen LogP contribution >= 0.6 is 0 Å². The fourth-order valence-electron chi connectivity index (χ4n) is 2.60. The third-order valence-corrected chi connectivity index (χ3v) is 3.86. The molecule has 4 nitrogen and oxygen atoms in total. The number of benzene rings is 1. The number of hydrogen-bond acceptors (Lipinski definition) is 3. The molecule has 1 heterocycles. The molecular weight excluding hydrogens is 323 g/mol. The Kier molecular flexibility index (Phi) is 4.86. The number of halogens is 3. The summed E-state index contributed by atoms with van der Waals surface area (Å²) < 4.78 is 49.7. The average Bonchev–Trinajstić information content (AvgIpc) is 2.44. The second kappa shape index (κ2) is 6.27. The number of ether oxygens (including phenoxy) is 2. The van der Waals surface area contributed by atoms with E-state index in [1.807, 2.05) is 0 Å². The van der Waals surface area contributed by atoms with Crippen LogP contribution in [-0.4, -0.2) is 30.2 Å². The van der Waals surface area contributed by atoms with Gasteiger partial charge in [0.05, 0.1) is 24.3 Å². The molecule has 134 valence electrons. The van der Waals surface area contributed by atoms with Gasteiger partial charge in [0.25, 0.3) is 0 Å². The smallest absolute Gasteiger partial charge is 0.416 e. The molecular formula is C17H22F3NO3. The summed E-state index contributed by atoms with van der Waals surface area (Å²) in [6.07, 6.45) is -5.43. The lowest BCUT2D eigenvalue weighted by Gasteiger charge is -2.36. The highest BCUT2D eigenvalue weighted by atomic mass is 19.4. The molecule has 0 saturated heterocycles. The van der Waals surface area contributed by atoms with Crippen LogP contribution in [0.4, 0.5) is 18.0 Å². The summed E-state index contributed by atoms with van der Waals surface area (Å²) in [5, 5.41) is 0. The Morgan fingerprint density at radius 3 is 2.42 bits per heavy atom. The maximum absolute atomic E-state index is 12.9. The number of likely N-dealkylation sites (N-methyl/N-ethyl adjacent to an activating group) is 1. The molecule has 1 aliphatic rings. The molecule has 0 aliphatic carbocycles. The number of nitrogens with zero attached hydrogens (tertiary/aromatic N) is 1. The SMILES string of the molecule is C[C@H]1OC[C@H](N(C)C(=O)OC(C)(C)C)c2ccc(C(F)(F)F)cc21. The van der Waals surface area contributed by atoms with Gasteiger partial charge in [-0.2, -0.15) is 13.2 Å². The van der Waals surface area contributed by atoms with Gasteiger partial charge in [-0.05, 0) is 51.0 Å². The van der Waals surface area contributed by atoms with Crippen LogP contribution < -0.4 is 0 Å². The lowest BCUT2D eigenvalue weighted by Crippen LogP contribution is -2.40. The molecule has 0 radical (unpaired) electrons. The summed E-state index contributed by atoms with van der Waals surface area (Å²) in [5.74, 6) is 0. The van der Waals surface area contributed by atoms with E-state index in [1.54, 1.807) is 34.7 Å². The molecule has 0 bridgehead atoms. The number of rotatable bonds is 1. The maximum atomic E-state index is 12.9. The Bertz CT molecular complexity index is 622. The number of fused-ring (bicyclic) bond motifs is 1. The standard InChI is InChI=1S/C17H22F3NO3/c1-10-13-8-11(17(18,19)20)6-7-12(13)14(9-23-10)21(5)15(22)24-16(2,3)4/h6-8,10,14H,9H2,1-5H3/t10-,14+/m1/s1. The summed E-state index contributed by atoms with van der Waals surface area (Å²) in [5.41, 5.74) is -0.291. The molecule has 0 unspecified atom stereocenters. The maximum Gasteiger partial charge on any atom is 0.416 e. The van der Waals surface area contributed by atoms with Crippen molar-refractivity contribution in [2.24, 2.45) is 0 Å². The molecule has 0 fully saturated rings. The van der Waals surface area contributed by atoms with E-state index in [4.69, 9.17) is 9.47 Å². The lowest BCUT2D eigenvalue weighted by molar-refractivity contribution is -0.137. The van der Waals surface area contributed by atoms with E-state index < -0.39 is 35.6 Å². The Balaban J connectivity index is 2.33. The van der Waals surface area contributed by atoms with Gasteiger partial charge in [-0.15, -0.1) is 0 Å². The van der Waals surface area contributed by atoms with Gasteiger partial charge in [0.15, 0.2) is 0 Å². The fourth-order valence-corrected chi connectivity index (χ4v) is 2.60. The van der Waals surface area contributed by atoms with Gasteiger partial charge in [-0.1, -0.05) is 6.07 Å². The van der Waals surface area contributed by atoms with Gasteiger partial charge in [-0.3, -0.25) is 0 Å². The van der Waals surface area contributed by atoms with E-state index in [0.29, 0.717) is 11.1 Å². The highest BCUT2D eigenvalue weighted by Gasteiger charge is 2.36. The first-order valence-corrected chi connectivity index (χ1v) is 7.68. The minimum atomic E-state index is -4.42. The zero-order valence-corrected chi connectivity index (χ0v) is 14.4. The van der Waals surface area contributed by atoms with E-state index in [1.165, 1.54) is 11.0 Å². The fraction of sp³-hybridized carbons (Fsp3) is 0.588. The number of amides is 1. The topological polar surface area (TPSA) is 38.8 Å². The average molecular weight is 345 g/mol. The van der Waals surface area contributed by atoms with E-state index >= 15 is 0 Å². The molecule has 0 saturated carbocycles. The minimum Gasteiger partial charge on any atom is -0.444 e. The predicted molar refractivity (Wildman–Crippen MR) is 82.5 cm³/mol. The molecule has 24 heavy (non-hydrogen) atoms. The molecule has 1 amide bonds. The van der Waals surface area contributed by atoms with Crippen molar-refractivity contribution in [3.8, 4) is 0 Å². The Morgan fingerprint density at radius 2 is 1.88 bits per heavy atom. The van der Waals surface area contributed by atoms with E-state index in [2.05, 4.69) is 0 Å². The second-order valence-corrected chi connectivity index (χ2v) is 6.92. The van der Waals surface area contributed by atoms with E-state index in [0.717, 1.165) is 12.1 Å². The van der Waals surface area contributed by atoms with E-state index in [-0.39, 0.29) is 6.61 Å². The molecule has 0 spiro atoms. The summed E-state index contributed by atoms with van der Waals surface area (Å²) in [6, 6.07) is 3.05. The molecule has 1 aromatic carbocycles. The van der Waals surface area contributed by atoms with Gasteiger partial charge >= 0.3 is 12.3 Å². The van der Waals surface area contributed by atoms with Gasteiger partial charge in [0.2, 0.25) is 0 Å². The molecule has 2 atom stereocenters. The minimum absolute atomic E-state index is 0.204. The van der Waals surface area contributed by atoms with Gasteiger partial charge < -0.3 is 14.4 Å². The van der Waals surface area contributed by atoms with Crippen LogP contribution in [0.2, 0.25) is 0 Å². The predicted octanol–water partition coefficient (Wildman–Crippen LogP) is 4.70. The van der Waals surface area contributed by atoms with E-state index in [9.17, 15) is 18.0 Å². The Hall–Kier alpha value is -1.76. The van der Waals surface area contributed by atoms with Crippen molar-refractivity contribution in [2.45, 2.75) is 51.6 Å². The van der Waals surface area contributed by atoms with Crippen molar-refractivity contribution in [2.75, 3.05) is 13.7 Å². The molecule has 2 rings (SSSR count). The first-order valence-electron chi connectivity index (χ1n) is 7.68. The normalized spacial score (nSPS) is 21.2. The van der Waals surface area contributed by atoms with Crippen LogP contribution in [0.1, 0.15) is 56.5 Å². The number of hydrogen-bond donors (Lipinski definition) is 0. The van der Waals surface area contributed by atoms with Crippen molar-refractivity contribution in [1.82, 2.24) is 4.90 Å². The lowest BCUT2D eigenvalue weighted by atomic mass is 9.92. The first kappa shape index (κ1) is 18.6. The van der Waals surface area contributed by atoms with Crippen LogP contribution in [0.5, 0.6) is 0 Å². The monoisotopic (exact) mass is 345 g/mol. The summed E-state index contributed by atoms with van der Waals surface area (Å²) in [7, 11) is 1.56. The van der Waals surface area contributed by atoms with Crippen LogP contribution in [0.15, 0.2) is 18.2 Å². The van der Waals surface area contributed by atoms with Crippen LogP contribution in [0, 0.1) is 0 Å². The highest BCUT2D eigenvalue weighted by molar-refractivity contribution is 5.68. The second-order valence-electron chi connectivity index (χ2n) is 6.92. The first-order chi connectivity index (χ1) is 10.9. The van der Waals surface area contributed by atoms with Crippen molar-refractivity contribution in [1.29, 1.82) is 0 Å². The number of alkyl halides is 3. The largest absolute Gasteiger partial charge is 0.444 e. The third kappa shape index (κ3) is 4.01. The Labute approximate surface area is 139 Å². The summed E-state index contributed by atoms with van der Waals surface area (Å²) in [6.45, 7) is 7.16. The summed E-state index contributed by atoms with van der Waals surface area (Å²) in [4.78, 5) is 13.6. The van der Waals surface area contributed by atoms with Crippen LogP contribution in [0.3, 0.4) is 0 Å². The third-order valence-electron chi connectivity index (χ3n) is 3.86. The molecule has 1 aliphatic heterocycles. The van der Waals surface area contributed by atoms with Crippen molar-refractivity contribution in [3.63, 3.8) is 0 Å². The number of carbonyl (C=O) groups excluding carboxylic acids is 1.